The first-order valence-electron chi connectivity index (χ1n) is 5.46. The Balaban J connectivity index is 0. The summed E-state index contributed by atoms with van der Waals surface area (Å²) in [6.45, 7) is 13.0. The Bertz CT molecular complexity index is 329. The molecule has 0 aromatic heterocycles. The number of rotatable bonds is 0. The van der Waals surface area contributed by atoms with Crippen LogP contribution in [0.4, 0.5) is 0 Å². The zero-order valence-electron chi connectivity index (χ0n) is 12.7. The van der Waals surface area contributed by atoms with Crippen molar-refractivity contribution in [2.24, 2.45) is 0 Å². The van der Waals surface area contributed by atoms with Crippen LogP contribution in [0, 0.1) is 0 Å². The normalized spacial score (nSPS) is 12.1. The maximum absolute atomic E-state index is 9.72. The molecule has 1 nitrogen and oxygen atoms in total. The third-order valence-electron chi connectivity index (χ3n) is 2.65. The molecule has 0 unspecified atom stereocenters. The molecule has 0 fully saturated rings. The zero-order chi connectivity index (χ0) is 11.9. The summed E-state index contributed by atoms with van der Waals surface area (Å²) in [5, 5.41) is 9.72. The van der Waals surface area contributed by atoms with Crippen molar-refractivity contribution in [3.63, 3.8) is 0 Å². The number of hydrogen-bond donors (Lipinski definition) is 1. The fourth-order valence-corrected chi connectivity index (χ4v) is 1.48. The molecule has 0 heterocycles. The topological polar surface area (TPSA) is 20.2 Å². The average Bonchev–Trinajstić information content (AvgIpc) is 1.99. The fraction of sp³-hybridized carbons (Fsp3) is 0.571. The third kappa shape index (κ3) is 3.89. The Hall–Kier alpha value is -0.383. The summed E-state index contributed by atoms with van der Waals surface area (Å²) in [7, 11) is 0. The van der Waals surface area contributed by atoms with E-state index >= 15 is 0 Å². The first-order chi connectivity index (χ1) is 6.60. The SMILES string of the molecule is CC(C)(C)c1cc(O)cc(C(C)(C)C)c1.[H-].[Li+]. The maximum atomic E-state index is 9.72. The van der Waals surface area contributed by atoms with E-state index in [1.165, 1.54) is 11.1 Å². The van der Waals surface area contributed by atoms with Gasteiger partial charge in [-0.05, 0) is 34.1 Å². The van der Waals surface area contributed by atoms with E-state index < -0.39 is 0 Å². The second-order valence-electron chi connectivity index (χ2n) is 6.27. The van der Waals surface area contributed by atoms with Gasteiger partial charge in [-0.3, -0.25) is 0 Å². The predicted molar refractivity (Wildman–Crippen MR) is 66.6 cm³/mol. The van der Waals surface area contributed by atoms with Gasteiger partial charge >= 0.3 is 18.9 Å². The molecule has 0 amide bonds. The van der Waals surface area contributed by atoms with Crippen molar-refractivity contribution in [1.82, 2.24) is 0 Å². The summed E-state index contributed by atoms with van der Waals surface area (Å²) in [6, 6.07) is 5.91. The molecule has 1 aromatic rings. The van der Waals surface area contributed by atoms with Crippen molar-refractivity contribution >= 4 is 0 Å². The molecule has 16 heavy (non-hydrogen) atoms. The molecule has 0 aliphatic heterocycles. The van der Waals surface area contributed by atoms with Gasteiger partial charge in [0.1, 0.15) is 5.75 Å². The van der Waals surface area contributed by atoms with Crippen LogP contribution >= 0.6 is 0 Å². The van der Waals surface area contributed by atoms with Gasteiger partial charge in [-0.2, -0.15) is 0 Å². The monoisotopic (exact) mass is 214 g/mol. The van der Waals surface area contributed by atoms with Gasteiger partial charge in [0.05, 0.1) is 0 Å². The summed E-state index contributed by atoms with van der Waals surface area (Å²) in [5.74, 6) is 0.368. The molecule has 1 rings (SSSR count). The Morgan fingerprint density at radius 1 is 0.812 bits per heavy atom. The van der Waals surface area contributed by atoms with Crippen LogP contribution in [-0.4, -0.2) is 5.11 Å². The van der Waals surface area contributed by atoms with E-state index in [-0.39, 0.29) is 31.1 Å². The summed E-state index contributed by atoms with van der Waals surface area (Å²) in [4.78, 5) is 0. The van der Waals surface area contributed by atoms with Crippen molar-refractivity contribution in [1.29, 1.82) is 0 Å². The van der Waals surface area contributed by atoms with Crippen LogP contribution in [0.3, 0.4) is 0 Å². The van der Waals surface area contributed by atoms with Gasteiger partial charge in [0.25, 0.3) is 0 Å². The maximum Gasteiger partial charge on any atom is 1.00 e. The molecule has 1 N–H and O–H groups in total. The van der Waals surface area contributed by atoms with Crippen molar-refractivity contribution < 1.29 is 25.4 Å². The Morgan fingerprint density at radius 2 is 1.12 bits per heavy atom. The van der Waals surface area contributed by atoms with E-state index in [2.05, 4.69) is 47.6 Å². The van der Waals surface area contributed by atoms with Crippen LogP contribution in [0.2, 0.25) is 0 Å². The molecule has 0 aliphatic carbocycles. The Kier molecular flexibility index (Phi) is 4.74. The van der Waals surface area contributed by atoms with Gasteiger partial charge in [0, 0.05) is 0 Å². The number of phenols is 1. The molecular formula is C14H23LiO. The molecule has 0 atom stereocenters. The molecule has 0 spiro atoms. The smallest absolute Gasteiger partial charge is 1.00 e. The van der Waals surface area contributed by atoms with Crippen LogP contribution in [0.25, 0.3) is 0 Å². The van der Waals surface area contributed by atoms with Gasteiger partial charge in [-0.15, -0.1) is 0 Å². The van der Waals surface area contributed by atoms with Gasteiger partial charge < -0.3 is 6.53 Å². The minimum atomic E-state index is 0. The third-order valence-corrected chi connectivity index (χ3v) is 2.65. The quantitative estimate of drug-likeness (QED) is 0.641. The number of benzene rings is 1. The van der Waals surface area contributed by atoms with Gasteiger partial charge in [-0.1, -0.05) is 47.6 Å². The molecular weight excluding hydrogens is 191 g/mol. The molecule has 86 valence electrons. The molecule has 2 heteroatoms. The minimum Gasteiger partial charge on any atom is -1.00 e. The van der Waals surface area contributed by atoms with Crippen molar-refractivity contribution in [3.05, 3.63) is 29.3 Å². The second kappa shape index (κ2) is 4.86. The van der Waals surface area contributed by atoms with Crippen molar-refractivity contribution in [2.75, 3.05) is 0 Å². The summed E-state index contributed by atoms with van der Waals surface area (Å²) in [5.41, 5.74) is 2.54. The standard InChI is InChI=1S/C14H22O.Li.H/c1-13(2,3)10-7-11(14(4,5)6)9-12(15)8-10;;/h7-9,15H,1-6H3;;/q;+1;-1. The van der Waals surface area contributed by atoms with E-state index in [0.29, 0.717) is 5.75 Å². The summed E-state index contributed by atoms with van der Waals surface area (Å²) >= 11 is 0. The largest absolute Gasteiger partial charge is 1.00 e. The van der Waals surface area contributed by atoms with Crippen LogP contribution in [-0.2, 0) is 10.8 Å². The molecule has 1 aromatic carbocycles. The van der Waals surface area contributed by atoms with Gasteiger partial charge in [0.15, 0.2) is 0 Å². The van der Waals surface area contributed by atoms with Crippen molar-refractivity contribution in [3.8, 4) is 5.75 Å². The zero-order valence-corrected chi connectivity index (χ0v) is 11.7. The number of hydrogen-bond acceptors (Lipinski definition) is 1. The van der Waals surface area contributed by atoms with E-state index in [4.69, 9.17) is 0 Å². The van der Waals surface area contributed by atoms with E-state index in [1.54, 1.807) is 0 Å². The number of aromatic hydroxyl groups is 1. The first-order valence-corrected chi connectivity index (χ1v) is 5.46. The molecule has 0 aliphatic rings. The summed E-state index contributed by atoms with van der Waals surface area (Å²) < 4.78 is 0. The van der Waals surface area contributed by atoms with Crippen molar-refractivity contribution in [2.45, 2.75) is 52.4 Å². The van der Waals surface area contributed by atoms with Gasteiger partial charge in [-0.25, -0.2) is 0 Å². The average molecular weight is 214 g/mol. The summed E-state index contributed by atoms with van der Waals surface area (Å²) in [6.07, 6.45) is 0. The molecule has 0 radical (unpaired) electrons. The molecule has 0 saturated heterocycles. The molecule has 0 bridgehead atoms. The van der Waals surface area contributed by atoms with Crippen LogP contribution in [0.5, 0.6) is 5.75 Å². The van der Waals surface area contributed by atoms with Crippen LogP contribution in [0.1, 0.15) is 54.1 Å². The van der Waals surface area contributed by atoms with E-state index in [0.717, 1.165) is 0 Å². The first kappa shape index (κ1) is 15.6. The van der Waals surface area contributed by atoms with E-state index in [1.807, 2.05) is 12.1 Å². The Morgan fingerprint density at radius 3 is 1.38 bits per heavy atom. The number of phenolic OH excluding ortho intramolecular Hbond substituents is 1. The minimum absolute atomic E-state index is 0. The van der Waals surface area contributed by atoms with E-state index in [9.17, 15) is 5.11 Å². The fourth-order valence-electron chi connectivity index (χ4n) is 1.48. The second-order valence-corrected chi connectivity index (χ2v) is 6.27. The molecule has 0 saturated carbocycles. The predicted octanol–water partition coefficient (Wildman–Crippen LogP) is 1.10. The Labute approximate surface area is 113 Å². The van der Waals surface area contributed by atoms with Crippen LogP contribution in [0.15, 0.2) is 18.2 Å². The van der Waals surface area contributed by atoms with Gasteiger partial charge in [0.2, 0.25) is 0 Å². The van der Waals surface area contributed by atoms with Crippen LogP contribution < -0.4 is 18.9 Å².